The Hall–Kier alpha value is -2.56. The lowest BCUT2D eigenvalue weighted by Gasteiger charge is -2.25. The number of carbonyl (C=O) groups is 1. The van der Waals surface area contributed by atoms with Crippen molar-refractivity contribution in [3.8, 4) is 11.5 Å². The molecule has 4 rings (SSSR count). The summed E-state index contributed by atoms with van der Waals surface area (Å²) in [6.07, 6.45) is 7.44. The van der Waals surface area contributed by atoms with Gasteiger partial charge in [-0.05, 0) is 56.2 Å². The first-order valence-electron chi connectivity index (χ1n) is 8.79. The number of aromatic nitrogens is 1. The van der Waals surface area contributed by atoms with Crippen LogP contribution in [0, 0.1) is 0 Å². The van der Waals surface area contributed by atoms with E-state index < -0.39 is 0 Å². The number of pyridine rings is 1. The summed E-state index contributed by atoms with van der Waals surface area (Å²) in [5.74, 6) is 1.80. The molecule has 0 N–H and O–H groups in total. The Balaban J connectivity index is 1.56. The van der Waals surface area contributed by atoms with Gasteiger partial charge in [-0.25, -0.2) is 4.79 Å². The predicted molar refractivity (Wildman–Crippen MR) is 93.8 cm³/mol. The summed E-state index contributed by atoms with van der Waals surface area (Å²) in [6.45, 7) is 2.52. The van der Waals surface area contributed by atoms with Crippen molar-refractivity contribution in [2.75, 3.05) is 13.4 Å². The monoisotopic (exact) mass is 339 g/mol. The minimum absolute atomic E-state index is 0.224. The molecule has 1 aromatic heterocycles. The minimum Gasteiger partial charge on any atom is -0.463 e. The maximum Gasteiger partial charge on any atom is 0.330 e. The van der Waals surface area contributed by atoms with Crippen LogP contribution < -0.4 is 9.47 Å². The molecule has 1 aliphatic heterocycles. The Morgan fingerprint density at radius 2 is 2.04 bits per heavy atom. The van der Waals surface area contributed by atoms with Gasteiger partial charge in [0.2, 0.25) is 6.79 Å². The first-order valence-corrected chi connectivity index (χ1v) is 8.79. The second-order valence-electron chi connectivity index (χ2n) is 6.45. The van der Waals surface area contributed by atoms with Gasteiger partial charge in [0.15, 0.2) is 11.5 Å². The van der Waals surface area contributed by atoms with E-state index in [2.05, 4.69) is 11.1 Å². The maximum absolute atomic E-state index is 11.6. The molecule has 1 saturated carbocycles. The van der Waals surface area contributed by atoms with Crippen LogP contribution in [-0.2, 0) is 9.53 Å². The number of rotatable bonds is 3. The highest BCUT2D eigenvalue weighted by Gasteiger charge is 2.23. The van der Waals surface area contributed by atoms with Gasteiger partial charge in [-0.3, -0.25) is 4.98 Å². The molecular formula is C20H21NO4. The van der Waals surface area contributed by atoms with Crippen molar-refractivity contribution in [1.29, 1.82) is 0 Å². The molecule has 0 amide bonds. The van der Waals surface area contributed by atoms with E-state index in [4.69, 9.17) is 14.2 Å². The maximum atomic E-state index is 11.6. The lowest BCUT2D eigenvalue weighted by molar-refractivity contribution is -0.137. The molecule has 2 aromatic rings. The lowest BCUT2D eigenvalue weighted by atomic mass is 9.80. The van der Waals surface area contributed by atoms with Gasteiger partial charge in [-0.1, -0.05) is 5.57 Å². The fourth-order valence-corrected chi connectivity index (χ4v) is 3.71. The van der Waals surface area contributed by atoms with Crippen molar-refractivity contribution < 1.29 is 19.0 Å². The second kappa shape index (κ2) is 6.75. The van der Waals surface area contributed by atoms with Crippen molar-refractivity contribution in [3.05, 3.63) is 41.6 Å². The molecule has 0 atom stereocenters. The van der Waals surface area contributed by atoms with E-state index >= 15 is 0 Å². The minimum atomic E-state index is -0.224. The predicted octanol–water partition coefficient (Wildman–Crippen LogP) is 4.11. The normalized spacial score (nSPS) is 19.1. The van der Waals surface area contributed by atoms with Crippen LogP contribution in [0.15, 0.2) is 36.0 Å². The van der Waals surface area contributed by atoms with Crippen LogP contribution in [0.2, 0.25) is 0 Å². The fourth-order valence-electron chi connectivity index (χ4n) is 3.71. The third kappa shape index (κ3) is 3.18. The van der Waals surface area contributed by atoms with E-state index in [9.17, 15) is 4.79 Å². The van der Waals surface area contributed by atoms with E-state index in [-0.39, 0.29) is 12.8 Å². The Bertz CT molecular complexity index is 833. The highest BCUT2D eigenvalue weighted by Crippen LogP contribution is 2.41. The van der Waals surface area contributed by atoms with Gasteiger partial charge < -0.3 is 14.2 Å². The molecule has 25 heavy (non-hydrogen) atoms. The molecule has 0 radical (unpaired) electrons. The van der Waals surface area contributed by atoms with Gasteiger partial charge in [0.25, 0.3) is 0 Å². The van der Waals surface area contributed by atoms with Gasteiger partial charge >= 0.3 is 5.97 Å². The van der Waals surface area contributed by atoms with Gasteiger partial charge in [0, 0.05) is 23.7 Å². The molecule has 1 fully saturated rings. The molecule has 0 spiro atoms. The Labute approximate surface area is 146 Å². The Morgan fingerprint density at radius 1 is 1.28 bits per heavy atom. The van der Waals surface area contributed by atoms with E-state index in [1.165, 1.54) is 11.1 Å². The van der Waals surface area contributed by atoms with Crippen LogP contribution in [0.1, 0.15) is 44.1 Å². The molecule has 5 nitrogen and oxygen atoms in total. The van der Waals surface area contributed by atoms with Crippen molar-refractivity contribution in [1.82, 2.24) is 4.98 Å². The number of ether oxygens (including phenoxy) is 3. The number of benzene rings is 1. The third-order valence-electron chi connectivity index (χ3n) is 4.95. The first kappa shape index (κ1) is 15.9. The summed E-state index contributed by atoms with van der Waals surface area (Å²) in [7, 11) is 0. The van der Waals surface area contributed by atoms with Crippen molar-refractivity contribution in [2.24, 2.45) is 0 Å². The number of hydrogen-bond donors (Lipinski definition) is 0. The summed E-state index contributed by atoms with van der Waals surface area (Å²) < 4.78 is 16.0. The summed E-state index contributed by atoms with van der Waals surface area (Å²) >= 11 is 0. The van der Waals surface area contributed by atoms with Crippen molar-refractivity contribution in [3.63, 3.8) is 0 Å². The summed E-state index contributed by atoms with van der Waals surface area (Å²) in [4.78, 5) is 16.1. The standard InChI is InChI=1S/C20H21NO4/c1-2-23-20(22)9-13-3-5-14(6-4-13)15-7-8-21-17-11-19-18(10-16(15)17)24-12-25-19/h7-11,14H,2-6,12H2,1H3. The molecular weight excluding hydrogens is 318 g/mol. The number of allylic oxidation sites excluding steroid dienone is 1. The number of nitrogens with zero attached hydrogens (tertiary/aromatic N) is 1. The molecule has 0 bridgehead atoms. The summed E-state index contributed by atoms with van der Waals surface area (Å²) in [5.41, 5.74) is 3.43. The Morgan fingerprint density at radius 3 is 2.80 bits per heavy atom. The smallest absolute Gasteiger partial charge is 0.330 e. The topological polar surface area (TPSA) is 57.7 Å². The number of hydrogen-bond acceptors (Lipinski definition) is 5. The average Bonchev–Trinajstić information content (AvgIpc) is 3.07. The van der Waals surface area contributed by atoms with Crippen LogP contribution in [0.5, 0.6) is 11.5 Å². The van der Waals surface area contributed by atoms with Crippen molar-refractivity contribution >= 4 is 16.9 Å². The highest BCUT2D eigenvalue weighted by atomic mass is 16.7. The van der Waals surface area contributed by atoms with Crippen LogP contribution in [-0.4, -0.2) is 24.4 Å². The second-order valence-corrected chi connectivity index (χ2v) is 6.45. The highest BCUT2D eigenvalue weighted by molar-refractivity contribution is 5.86. The van der Waals surface area contributed by atoms with E-state index in [1.54, 1.807) is 6.08 Å². The van der Waals surface area contributed by atoms with Gasteiger partial charge in [0.1, 0.15) is 0 Å². The molecule has 1 aliphatic carbocycles. The number of carbonyl (C=O) groups excluding carboxylic acids is 1. The molecule has 0 unspecified atom stereocenters. The zero-order valence-corrected chi connectivity index (χ0v) is 14.3. The largest absolute Gasteiger partial charge is 0.463 e. The summed E-state index contributed by atoms with van der Waals surface area (Å²) in [6, 6.07) is 6.11. The molecule has 1 aromatic carbocycles. The van der Waals surface area contributed by atoms with Gasteiger partial charge in [-0.15, -0.1) is 0 Å². The molecule has 130 valence electrons. The SMILES string of the molecule is CCOC(=O)C=C1CCC(c2ccnc3cc4c(cc23)OCO4)CC1. The van der Waals surface area contributed by atoms with E-state index in [1.807, 2.05) is 25.3 Å². The average molecular weight is 339 g/mol. The third-order valence-corrected chi connectivity index (χ3v) is 4.95. The lowest BCUT2D eigenvalue weighted by Crippen LogP contribution is -2.09. The quantitative estimate of drug-likeness (QED) is 0.622. The van der Waals surface area contributed by atoms with Crippen molar-refractivity contribution in [2.45, 2.75) is 38.5 Å². The molecule has 2 heterocycles. The van der Waals surface area contributed by atoms with Gasteiger partial charge in [-0.2, -0.15) is 0 Å². The van der Waals surface area contributed by atoms with E-state index in [0.717, 1.165) is 48.1 Å². The van der Waals surface area contributed by atoms with Crippen LogP contribution in [0.25, 0.3) is 10.9 Å². The zero-order chi connectivity index (χ0) is 17.2. The zero-order valence-electron chi connectivity index (χ0n) is 14.3. The number of fused-ring (bicyclic) bond motifs is 2. The summed E-state index contributed by atoms with van der Waals surface area (Å²) in [5, 5.41) is 1.13. The molecule has 0 saturated heterocycles. The van der Waals surface area contributed by atoms with Crippen LogP contribution >= 0.6 is 0 Å². The molecule has 5 heteroatoms. The van der Waals surface area contributed by atoms with Gasteiger partial charge in [0.05, 0.1) is 12.1 Å². The molecule has 2 aliphatic rings. The van der Waals surface area contributed by atoms with E-state index in [0.29, 0.717) is 12.5 Å². The fraction of sp³-hybridized carbons (Fsp3) is 0.400. The Kier molecular flexibility index (Phi) is 4.30. The number of esters is 1. The van der Waals surface area contributed by atoms with Crippen LogP contribution in [0.3, 0.4) is 0 Å². The first-order chi connectivity index (χ1) is 12.2. The van der Waals surface area contributed by atoms with Crippen LogP contribution in [0.4, 0.5) is 0 Å².